The predicted octanol–water partition coefficient (Wildman–Crippen LogP) is 3.61. The number of aryl methyl sites for hydroxylation is 1. The number of furan rings is 1. The number of esters is 1. The van der Waals surface area contributed by atoms with Crippen molar-refractivity contribution in [2.75, 3.05) is 0 Å². The first-order valence-electron chi connectivity index (χ1n) is 7.95. The lowest BCUT2D eigenvalue weighted by Gasteiger charge is -2.01. The lowest BCUT2D eigenvalue weighted by Crippen LogP contribution is -2.08. The SMILES string of the molecule is Cc1ccc2c(CC(=O)OCc3nc(CC(C)C)no3)coc2c1. The zero-order valence-electron chi connectivity index (χ0n) is 14.0. The summed E-state index contributed by atoms with van der Waals surface area (Å²) >= 11 is 0. The Kier molecular flexibility index (Phi) is 4.64. The Morgan fingerprint density at radius 2 is 2.17 bits per heavy atom. The second kappa shape index (κ2) is 6.86. The van der Waals surface area contributed by atoms with Crippen LogP contribution in [0.1, 0.15) is 36.7 Å². The second-order valence-electron chi connectivity index (χ2n) is 6.30. The van der Waals surface area contributed by atoms with Gasteiger partial charge in [-0.05, 0) is 24.5 Å². The Hall–Kier alpha value is -2.63. The van der Waals surface area contributed by atoms with Crippen molar-refractivity contribution in [1.82, 2.24) is 10.1 Å². The van der Waals surface area contributed by atoms with E-state index in [1.807, 2.05) is 25.1 Å². The second-order valence-corrected chi connectivity index (χ2v) is 6.30. The minimum Gasteiger partial charge on any atom is -0.464 e. The van der Waals surface area contributed by atoms with Crippen LogP contribution in [0.2, 0.25) is 0 Å². The lowest BCUT2D eigenvalue weighted by atomic mass is 10.1. The molecule has 126 valence electrons. The van der Waals surface area contributed by atoms with Crippen molar-refractivity contribution in [3.63, 3.8) is 0 Å². The average molecular weight is 328 g/mol. The van der Waals surface area contributed by atoms with Gasteiger partial charge in [0.05, 0.1) is 12.7 Å². The van der Waals surface area contributed by atoms with Crippen LogP contribution < -0.4 is 0 Å². The molecule has 2 aromatic heterocycles. The minimum atomic E-state index is -0.359. The summed E-state index contributed by atoms with van der Waals surface area (Å²) in [7, 11) is 0. The summed E-state index contributed by atoms with van der Waals surface area (Å²) in [6.07, 6.45) is 2.47. The maximum atomic E-state index is 12.0. The summed E-state index contributed by atoms with van der Waals surface area (Å²) in [5, 5.41) is 4.79. The van der Waals surface area contributed by atoms with E-state index in [4.69, 9.17) is 13.7 Å². The zero-order chi connectivity index (χ0) is 17.1. The van der Waals surface area contributed by atoms with Gasteiger partial charge in [0.2, 0.25) is 0 Å². The lowest BCUT2D eigenvalue weighted by molar-refractivity contribution is -0.144. The standard InChI is InChI=1S/C18H20N2O4/c1-11(2)6-16-19-17(24-20-16)10-23-18(21)8-13-9-22-15-7-12(3)4-5-14(13)15/h4-5,7,9,11H,6,8,10H2,1-3H3. The van der Waals surface area contributed by atoms with E-state index < -0.39 is 0 Å². The molecule has 3 aromatic rings. The molecule has 0 fully saturated rings. The van der Waals surface area contributed by atoms with E-state index in [0.717, 1.165) is 28.5 Å². The van der Waals surface area contributed by atoms with Gasteiger partial charge < -0.3 is 13.7 Å². The first-order chi connectivity index (χ1) is 11.5. The van der Waals surface area contributed by atoms with Crippen LogP contribution in [0.25, 0.3) is 11.0 Å². The van der Waals surface area contributed by atoms with Crippen LogP contribution in [0.15, 0.2) is 33.4 Å². The van der Waals surface area contributed by atoms with E-state index in [0.29, 0.717) is 17.6 Å². The first kappa shape index (κ1) is 16.2. The van der Waals surface area contributed by atoms with Crippen molar-refractivity contribution in [3.05, 3.63) is 47.3 Å². The van der Waals surface area contributed by atoms with Crippen LogP contribution in [0.5, 0.6) is 0 Å². The molecular formula is C18H20N2O4. The highest BCUT2D eigenvalue weighted by molar-refractivity contribution is 5.86. The Labute approximate surface area is 139 Å². The van der Waals surface area contributed by atoms with E-state index in [1.165, 1.54) is 0 Å². The predicted molar refractivity (Wildman–Crippen MR) is 87.3 cm³/mol. The fourth-order valence-corrected chi connectivity index (χ4v) is 2.47. The van der Waals surface area contributed by atoms with Crippen molar-refractivity contribution in [1.29, 1.82) is 0 Å². The van der Waals surface area contributed by atoms with Gasteiger partial charge in [0.25, 0.3) is 5.89 Å². The number of ether oxygens (including phenoxy) is 1. The molecule has 0 amide bonds. The van der Waals surface area contributed by atoms with Gasteiger partial charge in [-0.2, -0.15) is 4.98 Å². The number of carbonyl (C=O) groups excluding carboxylic acids is 1. The number of fused-ring (bicyclic) bond motifs is 1. The summed E-state index contributed by atoms with van der Waals surface area (Å²) < 4.78 is 15.8. The molecule has 0 atom stereocenters. The van der Waals surface area contributed by atoms with Crippen LogP contribution in [-0.2, 0) is 29.0 Å². The molecule has 24 heavy (non-hydrogen) atoms. The molecule has 6 heteroatoms. The van der Waals surface area contributed by atoms with E-state index >= 15 is 0 Å². The van der Waals surface area contributed by atoms with E-state index in [9.17, 15) is 4.79 Å². The number of rotatable bonds is 6. The van der Waals surface area contributed by atoms with Gasteiger partial charge in [-0.1, -0.05) is 31.1 Å². The molecule has 0 saturated heterocycles. The number of nitrogens with zero attached hydrogens (tertiary/aromatic N) is 2. The Morgan fingerprint density at radius 1 is 1.33 bits per heavy atom. The molecule has 0 N–H and O–H groups in total. The molecular weight excluding hydrogens is 308 g/mol. The van der Waals surface area contributed by atoms with Crippen molar-refractivity contribution in [3.8, 4) is 0 Å². The molecule has 0 spiro atoms. The third kappa shape index (κ3) is 3.82. The van der Waals surface area contributed by atoms with Gasteiger partial charge in [-0.25, -0.2) is 0 Å². The van der Waals surface area contributed by atoms with Crippen molar-refractivity contribution in [2.45, 2.75) is 40.2 Å². The summed E-state index contributed by atoms with van der Waals surface area (Å²) in [5.41, 5.74) is 2.69. The van der Waals surface area contributed by atoms with E-state index in [1.54, 1.807) is 6.26 Å². The van der Waals surface area contributed by atoms with Crippen molar-refractivity contribution < 1.29 is 18.5 Å². The minimum absolute atomic E-state index is 0.0151. The van der Waals surface area contributed by atoms with Gasteiger partial charge in [0.1, 0.15) is 5.58 Å². The number of hydrogen-bond donors (Lipinski definition) is 0. The molecule has 1 aromatic carbocycles. The van der Waals surface area contributed by atoms with Crippen LogP contribution in [-0.4, -0.2) is 16.1 Å². The molecule has 0 aliphatic carbocycles. The topological polar surface area (TPSA) is 78.4 Å². The summed E-state index contributed by atoms with van der Waals surface area (Å²) in [4.78, 5) is 16.2. The number of hydrogen-bond acceptors (Lipinski definition) is 6. The van der Waals surface area contributed by atoms with Crippen molar-refractivity contribution >= 4 is 16.9 Å². The normalized spacial score (nSPS) is 11.3. The average Bonchev–Trinajstić information content (AvgIpc) is 3.11. The third-order valence-electron chi connectivity index (χ3n) is 3.60. The summed E-state index contributed by atoms with van der Waals surface area (Å²) in [6.45, 7) is 6.13. The largest absolute Gasteiger partial charge is 0.464 e. The quantitative estimate of drug-likeness (QED) is 0.643. The molecule has 0 aliphatic heterocycles. The maximum Gasteiger partial charge on any atom is 0.310 e. The molecule has 0 aliphatic rings. The van der Waals surface area contributed by atoms with Crippen molar-refractivity contribution in [2.24, 2.45) is 5.92 Å². The molecule has 0 saturated carbocycles. The van der Waals surface area contributed by atoms with Crippen LogP contribution >= 0.6 is 0 Å². The first-order valence-corrected chi connectivity index (χ1v) is 7.95. The zero-order valence-corrected chi connectivity index (χ0v) is 14.0. The summed E-state index contributed by atoms with van der Waals surface area (Å²) in [5.74, 6) is 1.02. The third-order valence-corrected chi connectivity index (χ3v) is 3.60. The highest BCUT2D eigenvalue weighted by atomic mass is 16.6. The molecule has 0 bridgehead atoms. The Morgan fingerprint density at radius 3 is 2.96 bits per heavy atom. The van der Waals surface area contributed by atoms with Crippen LogP contribution in [0.3, 0.4) is 0 Å². The van der Waals surface area contributed by atoms with Gasteiger partial charge in [-0.15, -0.1) is 0 Å². The van der Waals surface area contributed by atoms with E-state index in [2.05, 4.69) is 24.0 Å². The molecule has 0 radical (unpaired) electrons. The number of carbonyl (C=O) groups is 1. The Balaban J connectivity index is 1.58. The van der Waals surface area contributed by atoms with Gasteiger partial charge in [0, 0.05) is 17.4 Å². The fourth-order valence-electron chi connectivity index (χ4n) is 2.47. The highest BCUT2D eigenvalue weighted by Crippen LogP contribution is 2.23. The molecule has 2 heterocycles. The number of benzene rings is 1. The monoisotopic (exact) mass is 328 g/mol. The maximum absolute atomic E-state index is 12.0. The highest BCUT2D eigenvalue weighted by Gasteiger charge is 2.14. The fraction of sp³-hybridized carbons (Fsp3) is 0.389. The van der Waals surface area contributed by atoms with Crippen LogP contribution in [0, 0.1) is 12.8 Å². The number of aromatic nitrogens is 2. The van der Waals surface area contributed by atoms with E-state index in [-0.39, 0.29) is 19.0 Å². The molecule has 3 rings (SSSR count). The van der Waals surface area contributed by atoms with Gasteiger partial charge in [0.15, 0.2) is 12.4 Å². The smallest absolute Gasteiger partial charge is 0.310 e. The summed E-state index contributed by atoms with van der Waals surface area (Å²) in [6, 6.07) is 5.88. The molecule has 0 unspecified atom stereocenters. The van der Waals surface area contributed by atoms with Gasteiger partial charge >= 0.3 is 5.97 Å². The van der Waals surface area contributed by atoms with Crippen LogP contribution in [0.4, 0.5) is 0 Å². The van der Waals surface area contributed by atoms with Gasteiger partial charge in [-0.3, -0.25) is 4.79 Å². The Bertz CT molecular complexity index is 848. The molecule has 6 nitrogen and oxygen atoms in total.